The van der Waals surface area contributed by atoms with Gasteiger partial charge in [0.2, 0.25) is 0 Å². The van der Waals surface area contributed by atoms with E-state index in [1.807, 2.05) is 6.92 Å². The number of carbonyl (C=O) groups excluding carboxylic acids is 1. The summed E-state index contributed by atoms with van der Waals surface area (Å²) in [4.78, 5) is 11.0. The van der Waals surface area contributed by atoms with Crippen molar-refractivity contribution in [3.63, 3.8) is 0 Å². The summed E-state index contributed by atoms with van der Waals surface area (Å²) in [5.74, 6) is -0.0454. The molecular weight excluding hydrogens is 208 g/mol. The molecule has 0 aromatic rings. The molecule has 0 aromatic heterocycles. The lowest BCUT2D eigenvalue weighted by molar-refractivity contribution is -0.226. The average Bonchev–Trinajstić information content (AvgIpc) is 2.10. The number of hydrogen-bond donors (Lipinski definition) is 1. The van der Waals surface area contributed by atoms with Crippen molar-refractivity contribution in [2.45, 2.75) is 65.0 Å². The molecule has 4 heteroatoms. The Morgan fingerprint density at radius 2 is 2.12 bits per heavy atom. The summed E-state index contributed by atoms with van der Waals surface area (Å²) in [6.45, 7) is 8.99. The van der Waals surface area contributed by atoms with Crippen molar-refractivity contribution in [3.05, 3.63) is 0 Å². The van der Waals surface area contributed by atoms with Crippen LogP contribution in [0.2, 0.25) is 0 Å². The summed E-state index contributed by atoms with van der Waals surface area (Å²) >= 11 is 0. The van der Waals surface area contributed by atoms with E-state index in [2.05, 4.69) is 13.8 Å². The fraction of sp³-hybridized carbons (Fsp3) is 0.917. The lowest BCUT2D eigenvalue weighted by Crippen LogP contribution is -2.57. The van der Waals surface area contributed by atoms with Gasteiger partial charge in [-0.05, 0) is 19.8 Å². The Bertz CT molecular complexity index is 260. The van der Waals surface area contributed by atoms with Gasteiger partial charge in [0.05, 0.1) is 12.2 Å². The number of carbonyl (C=O) groups is 1. The minimum atomic E-state index is -1.02. The van der Waals surface area contributed by atoms with Gasteiger partial charge < -0.3 is 14.6 Å². The van der Waals surface area contributed by atoms with Crippen LogP contribution in [0.15, 0.2) is 0 Å². The molecule has 0 spiro atoms. The molecule has 1 saturated heterocycles. The van der Waals surface area contributed by atoms with Gasteiger partial charge in [-0.1, -0.05) is 13.8 Å². The van der Waals surface area contributed by atoms with Crippen LogP contribution in [-0.2, 0) is 14.3 Å². The maximum Gasteiger partial charge on any atom is 0.303 e. The zero-order valence-electron chi connectivity index (χ0n) is 10.7. The molecule has 16 heavy (non-hydrogen) atoms. The number of aliphatic hydroxyl groups is 1. The van der Waals surface area contributed by atoms with Crippen molar-refractivity contribution in [3.8, 4) is 0 Å². The molecule has 94 valence electrons. The van der Waals surface area contributed by atoms with Crippen LogP contribution in [-0.4, -0.2) is 35.0 Å². The first-order valence-electron chi connectivity index (χ1n) is 5.79. The maximum absolute atomic E-state index is 11.0. The fourth-order valence-corrected chi connectivity index (χ4v) is 2.22. The van der Waals surface area contributed by atoms with Crippen molar-refractivity contribution in [2.75, 3.05) is 0 Å². The second-order valence-electron chi connectivity index (χ2n) is 5.22. The first kappa shape index (κ1) is 13.5. The third kappa shape index (κ3) is 2.95. The Morgan fingerprint density at radius 3 is 2.50 bits per heavy atom. The monoisotopic (exact) mass is 230 g/mol. The predicted octanol–water partition coefficient (Wildman–Crippen LogP) is 1.50. The fourth-order valence-electron chi connectivity index (χ4n) is 2.22. The zero-order chi connectivity index (χ0) is 12.5. The molecule has 4 nitrogen and oxygen atoms in total. The smallest absolute Gasteiger partial charge is 0.303 e. The summed E-state index contributed by atoms with van der Waals surface area (Å²) in [6.07, 6.45) is -0.357. The second kappa shape index (κ2) is 4.72. The normalized spacial score (nSPS) is 39.8. The van der Waals surface area contributed by atoms with E-state index in [9.17, 15) is 9.90 Å². The molecule has 1 N–H and O–H groups in total. The lowest BCUT2D eigenvalue weighted by atomic mass is 9.83. The van der Waals surface area contributed by atoms with Crippen LogP contribution >= 0.6 is 0 Å². The summed E-state index contributed by atoms with van der Waals surface area (Å²) in [6, 6.07) is 0. The zero-order valence-corrected chi connectivity index (χ0v) is 10.7. The van der Waals surface area contributed by atoms with Gasteiger partial charge in [-0.15, -0.1) is 0 Å². The molecule has 0 radical (unpaired) electrons. The third-order valence-corrected chi connectivity index (χ3v) is 3.08. The van der Waals surface area contributed by atoms with Crippen LogP contribution in [0.25, 0.3) is 0 Å². The van der Waals surface area contributed by atoms with Gasteiger partial charge in [-0.2, -0.15) is 0 Å². The molecule has 0 amide bonds. The summed E-state index contributed by atoms with van der Waals surface area (Å²) < 4.78 is 10.9. The third-order valence-electron chi connectivity index (χ3n) is 3.08. The van der Waals surface area contributed by atoms with Gasteiger partial charge >= 0.3 is 5.97 Å². The Labute approximate surface area is 96.9 Å². The van der Waals surface area contributed by atoms with E-state index in [0.29, 0.717) is 12.3 Å². The second-order valence-corrected chi connectivity index (χ2v) is 5.22. The maximum atomic E-state index is 11.0. The Balaban J connectivity index is 2.78. The molecule has 0 aromatic carbocycles. The van der Waals surface area contributed by atoms with E-state index in [1.165, 1.54) is 6.92 Å². The van der Waals surface area contributed by atoms with E-state index in [0.717, 1.165) is 0 Å². The van der Waals surface area contributed by atoms with Crippen LogP contribution in [0, 0.1) is 5.92 Å². The van der Waals surface area contributed by atoms with E-state index in [1.54, 1.807) is 6.92 Å². The molecular formula is C12H22O4. The minimum absolute atomic E-state index is 0.0109. The predicted molar refractivity (Wildman–Crippen MR) is 60.0 cm³/mol. The average molecular weight is 230 g/mol. The van der Waals surface area contributed by atoms with Gasteiger partial charge in [0.25, 0.3) is 0 Å². The summed E-state index contributed by atoms with van der Waals surface area (Å²) in [5.41, 5.74) is -1.02. The van der Waals surface area contributed by atoms with Gasteiger partial charge in [0, 0.05) is 13.3 Å². The van der Waals surface area contributed by atoms with Gasteiger partial charge in [0.15, 0.2) is 6.10 Å². The van der Waals surface area contributed by atoms with Crippen LogP contribution in [0.5, 0.6) is 0 Å². The Hall–Kier alpha value is -0.610. The minimum Gasteiger partial charge on any atom is -0.457 e. The first-order chi connectivity index (χ1) is 7.24. The van der Waals surface area contributed by atoms with E-state index in [4.69, 9.17) is 9.47 Å². The SMILES string of the molecule is CC(=O)OC1C(C)OC(C(C)C)CC1(C)O. The van der Waals surface area contributed by atoms with E-state index >= 15 is 0 Å². The highest BCUT2D eigenvalue weighted by atomic mass is 16.6. The first-order valence-corrected chi connectivity index (χ1v) is 5.79. The molecule has 1 aliphatic rings. The molecule has 4 atom stereocenters. The highest BCUT2D eigenvalue weighted by molar-refractivity contribution is 5.66. The molecule has 1 fully saturated rings. The van der Waals surface area contributed by atoms with Gasteiger partial charge in [0.1, 0.15) is 5.60 Å². The van der Waals surface area contributed by atoms with Crippen molar-refractivity contribution in [1.82, 2.24) is 0 Å². The highest BCUT2D eigenvalue weighted by Gasteiger charge is 2.46. The van der Waals surface area contributed by atoms with E-state index < -0.39 is 11.7 Å². The molecule has 1 heterocycles. The van der Waals surface area contributed by atoms with Crippen molar-refractivity contribution in [2.24, 2.45) is 5.92 Å². The van der Waals surface area contributed by atoms with Crippen LogP contribution in [0.4, 0.5) is 0 Å². The molecule has 0 saturated carbocycles. The quantitative estimate of drug-likeness (QED) is 0.730. The van der Waals surface area contributed by atoms with Gasteiger partial charge in [-0.3, -0.25) is 4.79 Å². The number of hydrogen-bond acceptors (Lipinski definition) is 4. The highest BCUT2D eigenvalue weighted by Crippen LogP contribution is 2.33. The van der Waals surface area contributed by atoms with Crippen LogP contribution in [0.1, 0.15) is 41.0 Å². The van der Waals surface area contributed by atoms with Crippen molar-refractivity contribution >= 4 is 5.97 Å². The number of ether oxygens (including phenoxy) is 2. The van der Waals surface area contributed by atoms with Gasteiger partial charge in [-0.25, -0.2) is 0 Å². The molecule has 4 unspecified atom stereocenters. The van der Waals surface area contributed by atoms with Crippen LogP contribution in [0.3, 0.4) is 0 Å². The molecule has 1 aliphatic heterocycles. The van der Waals surface area contributed by atoms with Crippen LogP contribution < -0.4 is 0 Å². The topological polar surface area (TPSA) is 55.8 Å². The van der Waals surface area contributed by atoms with Crippen molar-refractivity contribution < 1.29 is 19.4 Å². The number of esters is 1. The van der Waals surface area contributed by atoms with E-state index in [-0.39, 0.29) is 18.2 Å². The molecule has 0 bridgehead atoms. The standard InChI is InChI=1S/C12H22O4/c1-7(2)10-6-12(5,14)11(8(3)15-10)16-9(4)13/h7-8,10-11,14H,6H2,1-5H3. The molecule has 1 rings (SSSR count). The summed E-state index contributed by atoms with van der Waals surface area (Å²) in [5, 5.41) is 10.3. The van der Waals surface area contributed by atoms with Crippen molar-refractivity contribution in [1.29, 1.82) is 0 Å². The Morgan fingerprint density at radius 1 is 1.56 bits per heavy atom. The Kier molecular flexibility index (Phi) is 3.97. The number of rotatable bonds is 2. The largest absolute Gasteiger partial charge is 0.457 e. The lowest BCUT2D eigenvalue weighted by Gasteiger charge is -2.45. The summed E-state index contributed by atoms with van der Waals surface area (Å²) in [7, 11) is 0. The molecule has 0 aliphatic carbocycles.